The summed E-state index contributed by atoms with van der Waals surface area (Å²) >= 11 is 0. The molecule has 1 heterocycles. The Kier molecular flexibility index (Phi) is 5.00. The van der Waals surface area contributed by atoms with E-state index in [2.05, 4.69) is 39.5 Å². The summed E-state index contributed by atoms with van der Waals surface area (Å²) in [4.78, 5) is 2.72. The van der Waals surface area contributed by atoms with Crippen LogP contribution in [0.5, 0.6) is 0 Å². The van der Waals surface area contributed by atoms with Crippen LogP contribution in [0.4, 0.5) is 0 Å². The predicted octanol–water partition coefficient (Wildman–Crippen LogP) is 2.70. The van der Waals surface area contributed by atoms with Crippen LogP contribution in [-0.4, -0.2) is 49.8 Å². The van der Waals surface area contributed by atoms with Gasteiger partial charge in [-0.3, -0.25) is 4.90 Å². The Bertz CT molecular complexity index is 593. The highest BCUT2D eigenvalue weighted by molar-refractivity contribution is 7.89. The molecule has 0 atom stereocenters. The van der Waals surface area contributed by atoms with Crippen LogP contribution >= 0.6 is 0 Å². The molecule has 4 nitrogen and oxygen atoms in total. The van der Waals surface area contributed by atoms with E-state index in [-0.39, 0.29) is 5.41 Å². The minimum absolute atomic E-state index is 0.0329. The van der Waals surface area contributed by atoms with Crippen molar-refractivity contribution in [2.24, 2.45) is 0 Å². The van der Waals surface area contributed by atoms with Gasteiger partial charge in [-0.15, -0.1) is 0 Å². The molecule has 1 aromatic rings. The lowest BCUT2D eigenvalue weighted by Gasteiger charge is -2.36. The smallest absolute Gasteiger partial charge is 0.243 e. The lowest BCUT2D eigenvalue weighted by Crippen LogP contribution is -2.50. The van der Waals surface area contributed by atoms with Gasteiger partial charge in [-0.25, -0.2) is 8.42 Å². The third kappa shape index (κ3) is 3.70. The number of hydrogen-bond donors (Lipinski definition) is 0. The van der Waals surface area contributed by atoms with Gasteiger partial charge in [-0.2, -0.15) is 4.31 Å². The van der Waals surface area contributed by atoms with Crippen LogP contribution in [0.3, 0.4) is 0 Å². The molecular formula is C17H28N2O2S. The minimum atomic E-state index is -3.37. The first-order valence-electron chi connectivity index (χ1n) is 7.97. The van der Waals surface area contributed by atoms with Crippen LogP contribution in [-0.2, 0) is 15.4 Å². The summed E-state index contributed by atoms with van der Waals surface area (Å²) in [5.74, 6) is 0. The lowest BCUT2D eigenvalue weighted by atomic mass is 9.87. The quantitative estimate of drug-likeness (QED) is 0.858. The summed E-state index contributed by atoms with van der Waals surface area (Å²) in [5.41, 5.74) is 1.18. The van der Waals surface area contributed by atoms with Crippen molar-refractivity contribution in [3.8, 4) is 0 Å². The molecule has 5 heteroatoms. The first-order valence-corrected chi connectivity index (χ1v) is 9.41. The Morgan fingerprint density at radius 3 is 1.86 bits per heavy atom. The van der Waals surface area contributed by atoms with Gasteiger partial charge in [0, 0.05) is 32.2 Å². The molecule has 1 aromatic carbocycles. The largest absolute Gasteiger partial charge is 0.298 e. The van der Waals surface area contributed by atoms with Gasteiger partial charge in [0.05, 0.1) is 4.90 Å². The van der Waals surface area contributed by atoms with Crippen molar-refractivity contribution in [1.82, 2.24) is 9.21 Å². The number of sulfonamides is 1. The summed E-state index contributed by atoms with van der Waals surface area (Å²) in [6.07, 6.45) is 0. The van der Waals surface area contributed by atoms with Crippen molar-refractivity contribution in [3.63, 3.8) is 0 Å². The maximum absolute atomic E-state index is 12.7. The van der Waals surface area contributed by atoms with Crippen LogP contribution in [0.1, 0.15) is 40.2 Å². The molecule has 0 aromatic heterocycles. The van der Waals surface area contributed by atoms with Crippen molar-refractivity contribution in [2.45, 2.75) is 51.0 Å². The van der Waals surface area contributed by atoms with Gasteiger partial charge in [0.2, 0.25) is 10.0 Å². The van der Waals surface area contributed by atoms with E-state index in [1.165, 1.54) is 0 Å². The molecule has 1 saturated heterocycles. The minimum Gasteiger partial charge on any atom is -0.298 e. The molecule has 124 valence electrons. The van der Waals surface area contributed by atoms with Gasteiger partial charge in [0.25, 0.3) is 0 Å². The molecule has 0 spiro atoms. The zero-order valence-electron chi connectivity index (χ0n) is 14.3. The molecule has 1 aliphatic rings. The molecule has 0 unspecified atom stereocenters. The normalized spacial score (nSPS) is 18.8. The number of rotatable bonds is 3. The highest BCUT2D eigenvalue weighted by atomic mass is 32.2. The van der Waals surface area contributed by atoms with Gasteiger partial charge in [-0.1, -0.05) is 32.9 Å². The summed E-state index contributed by atoms with van der Waals surface area (Å²) in [6.45, 7) is 13.4. The zero-order chi connectivity index (χ0) is 16.5. The molecule has 1 fully saturated rings. The van der Waals surface area contributed by atoms with Gasteiger partial charge < -0.3 is 0 Å². The molecule has 22 heavy (non-hydrogen) atoms. The third-order valence-corrected chi connectivity index (χ3v) is 6.27. The highest BCUT2D eigenvalue weighted by Gasteiger charge is 2.29. The second-order valence-corrected chi connectivity index (χ2v) is 9.25. The summed E-state index contributed by atoms with van der Waals surface area (Å²) in [5, 5.41) is 0. The van der Waals surface area contributed by atoms with Crippen LogP contribution in [0, 0.1) is 0 Å². The van der Waals surface area contributed by atoms with Gasteiger partial charge in [-0.05, 0) is 37.0 Å². The monoisotopic (exact) mass is 324 g/mol. The van der Waals surface area contributed by atoms with Crippen LogP contribution < -0.4 is 0 Å². The zero-order valence-corrected chi connectivity index (χ0v) is 15.2. The van der Waals surface area contributed by atoms with E-state index in [0.29, 0.717) is 24.0 Å². The van der Waals surface area contributed by atoms with Gasteiger partial charge >= 0.3 is 0 Å². The fraction of sp³-hybridized carbons (Fsp3) is 0.647. The molecular weight excluding hydrogens is 296 g/mol. The predicted molar refractivity (Wildman–Crippen MR) is 90.6 cm³/mol. The Hall–Kier alpha value is -0.910. The first kappa shape index (κ1) is 17.4. The fourth-order valence-corrected chi connectivity index (χ4v) is 4.16. The number of benzene rings is 1. The molecule has 0 amide bonds. The molecule has 2 rings (SSSR count). The Labute approximate surface area is 135 Å². The third-order valence-electron chi connectivity index (χ3n) is 4.36. The van der Waals surface area contributed by atoms with Crippen molar-refractivity contribution in [2.75, 3.05) is 26.2 Å². The van der Waals surface area contributed by atoms with E-state index in [9.17, 15) is 8.42 Å². The van der Waals surface area contributed by atoms with E-state index >= 15 is 0 Å². The number of piperazine rings is 1. The van der Waals surface area contributed by atoms with Crippen molar-refractivity contribution < 1.29 is 8.42 Å². The van der Waals surface area contributed by atoms with E-state index in [1.807, 2.05) is 12.1 Å². The van der Waals surface area contributed by atoms with Crippen LogP contribution in [0.2, 0.25) is 0 Å². The Balaban J connectivity index is 2.14. The molecule has 0 saturated carbocycles. The average Bonchev–Trinajstić information content (AvgIpc) is 2.46. The molecule has 0 bridgehead atoms. The van der Waals surface area contributed by atoms with Crippen molar-refractivity contribution in [1.29, 1.82) is 0 Å². The highest BCUT2D eigenvalue weighted by Crippen LogP contribution is 2.25. The fourth-order valence-electron chi connectivity index (χ4n) is 2.74. The van der Waals surface area contributed by atoms with Crippen molar-refractivity contribution in [3.05, 3.63) is 29.8 Å². The van der Waals surface area contributed by atoms with E-state index < -0.39 is 10.0 Å². The number of nitrogens with zero attached hydrogens (tertiary/aromatic N) is 2. The SMILES string of the molecule is CC(C)N1CCN(S(=O)(=O)c2ccc(C(C)(C)C)cc2)CC1. The molecule has 0 N–H and O–H groups in total. The van der Waals surface area contributed by atoms with Crippen LogP contribution in [0.15, 0.2) is 29.2 Å². The Morgan fingerprint density at radius 2 is 1.45 bits per heavy atom. The second kappa shape index (κ2) is 6.30. The maximum atomic E-state index is 12.7. The summed E-state index contributed by atoms with van der Waals surface area (Å²) in [6, 6.07) is 7.81. The molecule has 1 aliphatic heterocycles. The second-order valence-electron chi connectivity index (χ2n) is 7.31. The summed E-state index contributed by atoms with van der Waals surface area (Å²) < 4.78 is 27.1. The molecule has 0 aliphatic carbocycles. The Morgan fingerprint density at radius 1 is 0.955 bits per heavy atom. The van der Waals surface area contributed by atoms with E-state index in [0.717, 1.165) is 18.7 Å². The summed E-state index contributed by atoms with van der Waals surface area (Å²) in [7, 11) is -3.37. The number of hydrogen-bond acceptors (Lipinski definition) is 3. The van der Waals surface area contributed by atoms with Crippen molar-refractivity contribution >= 4 is 10.0 Å². The standard InChI is InChI=1S/C17H28N2O2S/c1-14(2)18-10-12-19(13-11-18)22(20,21)16-8-6-15(7-9-16)17(3,4)5/h6-9,14H,10-13H2,1-5H3. The lowest BCUT2D eigenvalue weighted by molar-refractivity contribution is 0.154. The van der Waals surface area contributed by atoms with Crippen LogP contribution in [0.25, 0.3) is 0 Å². The average molecular weight is 324 g/mol. The topological polar surface area (TPSA) is 40.6 Å². The van der Waals surface area contributed by atoms with E-state index in [4.69, 9.17) is 0 Å². The first-order chi connectivity index (χ1) is 10.1. The van der Waals surface area contributed by atoms with Gasteiger partial charge in [0.1, 0.15) is 0 Å². The maximum Gasteiger partial charge on any atom is 0.243 e. The van der Waals surface area contributed by atoms with Gasteiger partial charge in [0.15, 0.2) is 0 Å². The van der Waals surface area contributed by atoms with E-state index in [1.54, 1.807) is 16.4 Å². The molecule has 0 radical (unpaired) electrons.